The van der Waals surface area contributed by atoms with Gasteiger partial charge in [0.2, 0.25) is 0 Å². The molecule has 1 heterocycles. The first-order valence-electron chi connectivity index (χ1n) is 4.85. The third kappa shape index (κ3) is 2.26. The summed E-state index contributed by atoms with van der Waals surface area (Å²) in [5.74, 6) is 0.754. The predicted octanol–water partition coefficient (Wildman–Crippen LogP) is 2.71. The highest BCUT2D eigenvalue weighted by Gasteiger charge is 2.17. The van der Waals surface area contributed by atoms with Crippen LogP contribution in [-0.4, -0.2) is 17.4 Å². The van der Waals surface area contributed by atoms with Gasteiger partial charge in [-0.05, 0) is 24.3 Å². The topological polar surface area (TPSA) is 3.24 Å². The summed E-state index contributed by atoms with van der Waals surface area (Å²) in [7, 11) is 0. The second kappa shape index (κ2) is 4.16. The average Bonchev–Trinajstić information content (AvgIpc) is 2.20. The van der Waals surface area contributed by atoms with Crippen LogP contribution >= 0.6 is 12.8 Å². The van der Waals surface area contributed by atoms with Crippen molar-refractivity contribution < 1.29 is 0 Å². The van der Waals surface area contributed by atoms with Gasteiger partial charge in [0.25, 0.3) is 0 Å². The van der Waals surface area contributed by atoms with E-state index in [1.54, 1.807) is 0 Å². The molecule has 1 saturated heterocycles. The highest BCUT2D eigenvalue weighted by molar-refractivity contribution is 7.77. The summed E-state index contributed by atoms with van der Waals surface area (Å²) in [5, 5.41) is 0. The van der Waals surface area contributed by atoms with Crippen molar-refractivity contribution in [1.82, 2.24) is 4.31 Å². The van der Waals surface area contributed by atoms with Crippen LogP contribution < -0.4 is 0 Å². The number of benzene rings is 1. The smallest absolute Gasteiger partial charge is 0.00928 e. The van der Waals surface area contributed by atoms with E-state index in [2.05, 4.69) is 47.5 Å². The fourth-order valence-corrected chi connectivity index (χ4v) is 2.16. The Morgan fingerprint density at radius 1 is 1.08 bits per heavy atom. The van der Waals surface area contributed by atoms with Crippen LogP contribution in [0.3, 0.4) is 0 Å². The molecule has 0 N–H and O–H groups in total. The molecule has 2 heteroatoms. The lowest BCUT2D eigenvalue weighted by atomic mass is 9.90. The number of hydrogen-bond acceptors (Lipinski definition) is 2. The van der Waals surface area contributed by atoms with Gasteiger partial charge in [-0.25, -0.2) is 0 Å². The van der Waals surface area contributed by atoms with Crippen LogP contribution in [0.2, 0.25) is 0 Å². The lowest BCUT2D eigenvalue weighted by Crippen LogP contribution is -2.25. The lowest BCUT2D eigenvalue weighted by Gasteiger charge is -2.28. The Bertz CT molecular complexity index is 252. The van der Waals surface area contributed by atoms with Crippen molar-refractivity contribution in [2.24, 2.45) is 0 Å². The number of rotatable bonds is 1. The largest absolute Gasteiger partial charge is 0.253 e. The highest BCUT2D eigenvalue weighted by Crippen LogP contribution is 2.27. The summed E-state index contributed by atoms with van der Waals surface area (Å²) in [6.07, 6.45) is 2.49. The monoisotopic (exact) mass is 193 g/mol. The zero-order valence-corrected chi connectivity index (χ0v) is 8.58. The van der Waals surface area contributed by atoms with Gasteiger partial charge in [-0.15, -0.1) is 0 Å². The Kier molecular flexibility index (Phi) is 2.91. The quantitative estimate of drug-likeness (QED) is 0.671. The molecule has 1 aromatic carbocycles. The summed E-state index contributed by atoms with van der Waals surface area (Å²) in [6, 6.07) is 10.8. The standard InChI is InChI=1S/C11H15NS/c13-12-8-6-11(7-9-12)10-4-2-1-3-5-10/h1-5,11,13H,6-9H2. The number of piperidine rings is 1. The Hall–Kier alpha value is -0.470. The van der Waals surface area contributed by atoms with E-state index < -0.39 is 0 Å². The van der Waals surface area contributed by atoms with E-state index in [4.69, 9.17) is 0 Å². The number of thiol groups is 1. The first-order valence-corrected chi connectivity index (χ1v) is 5.25. The van der Waals surface area contributed by atoms with Crippen molar-refractivity contribution in [3.8, 4) is 0 Å². The van der Waals surface area contributed by atoms with E-state index in [9.17, 15) is 0 Å². The van der Waals surface area contributed by atoms with E-state index in [0.29, 0.717) is 0 Å². The van der Waals surface area contributed by atoms with Crippen molar-refractivity contribution in [2.75, 3.05) is 13.1 Å². The van der Waals surface area contributed by atoms with E-state index in [0.717, 1.165) is 19.0 Å². The van der Waals surface area contributed by atoms with Crippen molar-refractivity contribution in [1.29, 1.82) is 0 Å². The Balaban J connectivity index is 2.03. The highest BCUT2D eigenvalue weighted by atomic mass is 32.1. The average molecular weight is 193 g/mol. The Labute approximate surface area is 85.3 Å². The van der Waals surface area contributed by atoms with Gasteiger partial charge in [-0.1, -0.05) is 43.1 Å². The van der Waals surface area contributed by atoms with Crippen LogP contribution in [0.5, 0.6) is 0 Å². The molecule has 0 aliphatic carbocycles. The summed E-state index contributed by atoms with van der Waals surface area (Å²) < 4.78 is 2.11. The molecule has 0 bridgehead atoms. The van der Waals surface area contributed by atoms with Crippen LogP contribution in [0.4, 0.5) is 0 Å². The second-order valence-electron chi connectivity index (χ2n) is 3.64. The first-order chi connectivity index (χ1) is 6.36. The maximum atomic E-state index is 4.35. The van der Waals surface area contributed by atoms with Gasteiger partial charge in [0.15, 0.2) is 0 Å². The van der Waals surface area contributed by atoms with E-state index in [1.807, 2.05) is 0 Å². The van der Waals surface area contributed by atoms with Gasteiger partial charge in [0.1, 0.15) is 0 Å². The minimum absolute atomic E-state index is 0.754. The fraction of sp³-hybridized carbons (Fsp3) is 0.455. The predicted molar refractivity (Wildman–Crippen MR) is 59.0 cm³/mol. The van der Waals surface area contributed by atoms with Gasteiger partial charge in [0, 0.05) is 13.1 Å². The van der Waals surface area contributed by atoms with Crippen molar-refractivity contribution >= 4 is 12.8 Å². The molecule has 1 aliphatic rings. The molecule has 2 rings (SSSR count). The van der Waals surface area contributed by atoms with Crippen LogP contribution in [0.25, 0.3) is 0 Å². The minimum atomic E-state index is 0.754. The summed E-state index contributed by atoms with van der Waals surface area (Å²) in [4.78, 5) is 0. The zero-order chi connectivity index (χ0) is 9.10. The summed E-state index contributed by atoms with van der Waals surface area (Å²) in [6.45, 7) is 2.23. The molecule has 1 nitrogen and oxygen atoms in total. The van der Waals surface area contributed by atoms with Crippen LogP contribution in [0.15, 0.2) is 30.3 Å². The van der Waals surface area contributed by atoms with Gasteiger partial charge in [-0.3, -0.25) is 4.31 Å². The normalized spacial score (nSPS) is 20.4. The molecule has 0 amide bonds. The van der Waals surface area contributed by atoms with Gasteiger partial charge in [-0.2, -0.15) is 0 Å². The van der Waals surface area contributed by atoms with Gasteiger partial charge < -0.3 is 0 Å². The third-order valence-electron chi connectivity index (χ3n) is 2.74. The Morgan fingerprint density at radius 3 is 2.31 bits per heavy atom. The molecule has 1 fully saturated rings. The molecular formula is C11H15NS. The third-order valence-corrected chi connectivity index (χ3v) is 3.14. The molecule has 0 radical (unpaired) electrons. The molecule has 0 saturated carbocycles. The fourth-order valence-electron chi connectivity index (χ4n) is 1.92. The van der Waals surface area contributed by atoms with E-state index >= 15 is 0 Å². The molecule has 0 spiro atoms. The molecule has 0 unspecified atom stereocenters. The molecule has 70 valence electrons. The second-order valence-corrected chi connectivity index (χ2v) is 4.20. The van der Waals surface area contributed by atoms with E-state index in [-0.39, 0.29) is 0 Å². The molecule has 0 aromatic heterocycles. The Morgan fingerprint density at radius 2 is 1.69 bits per heavy atom. The van der Waals surface area contributed by atoms with Crippen molar-refractivity contribution in [2.45, 2.75) is 18.8 Å². The minimum Gasteiger partial charge on any atom is -0.253 e. The summed E-state index contributed by atoms with van der Waals surface area (Å²) >= 11 is 4.35. The van der Waals surface area contributed by atoms with Gasteiger partial charge >= 0.3 is 0 Å². The van der Waals surface area contributed by atoms with Crippen molar-refractivity contribution in [3.05, 3.63) is 35.9 Å². The maximum absolute atomic E-state index is 4.35. The molecule has 13 heavy (non-hydrogen) atoms. The van der Waals surface area contributed by atoms with E-state index in [1.165, 1.54) is 18.4 Å². The van der Waals surface area contributed by atoms with Crippen LogP contribution in [0.1, 0.15) is 24.3 Å². The maximum Gasteiger partial charge on any atom is 0.00928 e. The molecule has 1 aromatic rings. The van der Waals surface area contributed by atoms with Crippen LogP contribution in [-0.2, 0) is 0 Å². The lowest BCUT2D eigenvalue weighted by molar-refractivity contribution is 0.349. The van der Waals surface area contributed by atoms with Crippen LogP contribution in [0, 0.1) is 0 Å². The molecular weight excluding hydrogens is 178 g/mol. The SMILES string of the molecule is SN1CCC(c2ccccc2)CC1. The van der Waals surface area contributed by atoms with Crippen molar-refractivity contribution in [3.63, 3.8) is 0 Å². The first kappa shape index (κ1) is 9.10. The summed E-state index contributed by atoms with van der Waals surface area (Å²) in [5.41, 5.74) is 1.49. The molecule has 0 atom stereocenters. The number of nitrogens with zero attached hydrogens (tertiary/aromatic N) is 1. The van der Waals surface area contributed by atoms with Gasteiger partial charge in [0.05, 0.1) is 0 Å². The molecule has 1 aliphatic heterocycles. The number of hydrogen-bond donors (Lipinski definition) is 1. The zero-order valence-electron chi connectivity index (χ0n) is 7.69.